The fourth-order valence-electron chi connectivity index (χ4n) is 2.98. The third-order valence-electron chi connectivity index (χ3n) is 4.29. The van der Waals surface area contributed by atoms with Gasteiger partial charge in [0.25, 0.3) is 5.91 Å². The Morgan fingerprint density at radius 1 is 1.12 bits per heavy atom. The minimum absolute atomic E-state index is 0.115. The van der Waals surface area contributed by atoms with Crippen LogP contribution in [-0.2, 0) is 11.3 Å². The van der Waals surface area contributed by atoms with Crippen molar-refractivity contribution in [1.82, 2.24) is 10.2 Å². The second-order valence-electron chi connectivity index (χ2n) is 6.22. The minimum atomic E-state index is -0.732. The molecule has 2 aromatic rings. The summed E-state index contributed by atoms with van der Waals surface area (Å²) in [6.07, 6.45) is -0.525. The van der Waals surface area contributed by atoms with Gasteiger partial charge in [0.05, 0.1) is 6.10 Å². The van der Waals surface area contributed by atoms with Crippen molar-refractivity contribution >= 4 is 35.0 Å². The predicted octanol–water partition coefficient (Wildman–Crippen LogP) is 2.89. The van der Waals surface area contributed by atoms with Crippen LogP contribution in [0.1, 0.15) is 22.3 Å². The molecule has 0 radical (unpaired) electrons. The molecular formula is C19H18Cl2N2O3. The number of rotatable bonds is 4. The number of likely N-dealkylation sites (tertiary alicyclic amines) is 1. The van der Waals surface area contributed by atoms with Gasteiger partial charge >= 0.3 is 0 Å². The van der Waals surface area contributed by atoms with Crippen molar-refractivity contribution in [2.45, 2.75) is 25.1 Å². The molecule has 2 N–H and O–H groups in total. The number of nitrogens with zero attached hydrogens (tertiary/aromatic N) is 1. The molecule has 136 valence electrons. The lowest BCUT2D eigenvalue weighted by Crippen LogP contribution is -2.45. The average Bonchev–Trinajstić information content (AvgIpc) is 3.02. The van der Waals surface area contributed by atoms with Crippen LogP contribution in [-0.4, -0.2) is 40.5 Å². The van der Waals surface area contributed by atoms with Crippen LogP contribution < -0.4 is 5.32 Å². The van der Waals surface area contributed by atoms with Crippen LogP contribution in [0.25, 0.3) is 0 Å². The van der Waals surface area contributed by atoms with E-state index in [1.54, 1.807) is 36.4 Å². The van der Waals surface area contributed by atoms with Crippen molar-refractivity contribution in [3.63, 3.8) is 0 Å². The first-order valence-corrected chi connectivity index (χ1v) is 8.96. The Kier molecular flexibility index (Phi) is 5.81. The van der Waals surface area contributed by atoms with E-state index in [2.05, 4.69) is 5.32 Å². The van der Waals surface area contributed by atoms with Gasteiger partial charge in [0.15, 0.2) is 0 Å². The lowest BCUT2D eigenvalue weighted by molar-refractivity contribution is -0.125. The summed E-state index contributed by atoms with van der Waals surface area (Å²) < 4.78 is 0. The van der Waals surface area contributed by atoms with Gasteiger partial charge in [-0.15, -0.1) is 0 Å². The van der Waals surface area contributed by atoms with Crippen molar-refractivity contribution < 1.29 is 14.7 Å². The second-order valence-corrected chi connectivity index (χ2v) is 7.09. The Bertz CT molecular complexity index is 811. The van der Waals surface area contributed by atoms with Crippen molar-refractivity contribution in [2.24, 2.45) is 0 Å². The fourth-order valence-corrected chi connectivity index (χ4v) is 3.30. The van der Waals surface area contributed by atoms with E-state index in [0.717, 1.165) is 5.56 Å². The molecule has 26 heavy (non-hydrogen) atoms. The first kappa shape index (κ1) is 18.7. The maximum atomic E-state index is 12.7. The number of carbonyl (C=O) groups is 2. The third kappa shape index (κ3) is 4.36. The summed E-state index contributed by atoms with van der Waals surface area (Å²) in [4.78, 5) is 26.7. The highest BCUT2D eigenvalue weighted by molar-refractivity contribution is 6.31. The molecule has 0 spiro atoms. The van der Waals surface area contributed by atoms with Gasteiger partial charge in [-0.3, -0.25) is 9.59 Å². The molecule has 1 heterocycles. The lowest BCUT2D eigenvalue weighted by Gasteiger charge is -2.24. The van der Waals surface area contributed by atoms with E-state index in [9.17, 15) is 14.7 Å². The summed E-state index contributed by atoms with van der Waals surface area (Å²) in [6.45, 7) is 0.437. The molecule has 2 unspecified atom stereocenters. The highest BCUT2D eigenvalue weighted by atomic mass is 35.5. The van der Waals surface area contributed by atoms with Crippen molar-refractivity contribution in [2.75, 3.05) is 6.54 Å². The van der Waals surface area contributed by atoms with Crippen LogP contribution in [0.5, 0.6) is 0 Å². The molecule has 2 amide bonds. The van der Waals surface area contributed by atoms with E-state index in [-0.39, 0.29) is 24.8 Å². The van der Waals surface area contributed by atoms with Crippen LogP contribution in [0.2, 0.25) is 10.0 Å². The van der Waals surface area contributed by atoms with Gasteiger partial charge in [0.2, 0.25) is 5.91 Å². The molecule has 0 aliphatic carbocycles. The topological polar surface area (TPSA) is 69.6 Å². The Labute approximate surface area is 161 Å². The van der Waals surface area contributed by atoms with Crippen LogP contribution in [0.4, 0.5) is 0 Å². The monoisotopic (exact) mass is 392 g/mol. The zero-order valence-electron chi connectivity index (χ0n) is 13.9. The molecule has 0 aromatic heterocycles. The first-order chi connectivity index (χ1) is 12.4. The predicted molar refractivity (Wildman–Crippen MR) is 100 cm³/mol. The van der Waals surface area contributed by atoms with E-state index in [1.165, 1.54) is 4.90 Å². The van der Waals surface area contributed by atoms with E-state index in [4.69, 9.17) is 23.2 Å². The summed E-state index contributed by atoms with van der Waals surface area (Å²) in [5.41, 5.74) is 1.29. The molecule has 0 saturated carbocycles. The zero-order valence-corrected chi connectivity index (χ0v) is 15.4. The van der Waals surface area contributed by atoms with E-state index in [1.807, 2.05) is 12.1 Å². The number of hydrogen-bond acceptors (Lipinski definition) is 3. The molecule has 1 fully saturated rings. The van der Waals surface area contributed by atoms with E-state index in [0.29, 0.717) is 22.2 Å². The number of carbonyl (C=O) groups excluding carboxylic acids is 2. The number of aliphatic hydroxyl groups excluding tert-OH is 1. The quantitative estimate of drug-likeness (QED) is 0.840. The molecule has 1 saturated heterocycles. The Morgan fingerprint density at radius 2 is 1.85 bits per heavy atom. The maximum Gasteiger partial charge on any atom is 0.254 e. The Balaban J connectivity index is 1.69. The summed E-state index contributed by atoms with van der Waals surface area (Å²) in [5.74, 6) is -0.623. The smallest absolute Gasteiger partial charge is 0.254 e. The summed E-state index contributed by atoms with van der Waals surface area (Å²) in [5, 5.41) is 13.9. The number of halogens is 2. The summed E-state index contributed by atoms with van der Waals surface area (Å²) in [6, 6.07) is 13.0. The molecular weight excluding hydrogens is 375 g/mol. The molecule has 5 nitrogen and oxygen atoms in total. The van der Waals surface area contributed by atoms with E-state index < -0.39 is 12.1 Å². The van der Waals surface area contributed by atoms with Crippen LogP contribution in [0.3, 0.4) is 0 Å². The molecule has 1 aliphatic rings. The van der Waals surface area contributed by atoms with Crippen molar-refractivity contribution in [1.29, 1.82) is 0 Å². The summed E-state index contributed by atoms with van der Waals surface area (Å²) in [7, 11) is 0. The maximum absolute atomic E-state index is 12.7. The van der Waals surface area contributed by atoms with Gasteiger partial charge in [-0.25, -0.2) is 0 Å². The minimum Gasteiger partial charge on any atom is -0.391 e. The highest BCUT2D eigenvalue weighted by Crippen LogP contribution is 2.22. The lowest BCUT2D eigenvalue weighted by atomic mass is 10.1. The number of amides is 2. The van der Waals surface area contributed by atoms with Crippen LogP contribution in [0, 0.1) is 0 Å². The van der Waals surface area contributed by atoms with Crippen LogP contribution >= 0.6 is 23.2 Å². The second kappa shape index (κ2) is 8.08. The number of aliphatic hydroxyl groups is 1. The molecule has 7 heteroatoms. The number of benzene rings is 2. The zero-order chi connectivity index (χ0) is 18.7. The van der Waals surface area contributed by atoms with Gasteiger partial charge in [-0.05, 0) is 35.9 Å². The van der Waals surface area contributed by atoms with Gasteiger partial charge in [-0.1, -0.05) is 41.4 Å². The van der Waals surface area contributed by atoms with E-state index >= 15 is 0 Å². The van der Waals surface area contributed by atoms with Crippen molar-refractivity contribution in [3.8, 4) is 0 Å². The van der Waals surface area contributed by atoms with Gasteiger partial charge in [0, 0.05) is 35.1 Å². The SMILES string of the molecule is O=C(NCc1ccc(Cl)cc1)C1CC(O)CN1C(=O)c1cccc(Cl)c1. The molecule has 1 aliphatic heterocycles. The highest BCUT2D eigenvalue weighted by Gasteiger charge is 2.39. The molecule has 2 atom stereocenters. The van der Waals surface area contributed by atoms with Gasteiger partial charge < -0.3 is 15.3 Å². The van der Waals surface area contributed by atoms with Gasteiger partial charge in [-0.2, -0.15) is 0 Å². The standard InChI is InChI=1S/C19H18Cl2N2O3/c20-14-6-4-12(5-7-14)10-22-18(25)17-9-16(24)11-23(17)19(26)13-2-1-3-15(21)8-13/h1-8,16-17,24H,9-11H2,(H,22,25). The largest absolute Gasteiger partial charge is 0.391 e. The summed E-state index contributed by atoms with van der Waals surface area (Å²) >= 11 is 11.8. The molecule has 0 bridgehead atoms. The molecule has 2 aromatic carbocycles. The average molecular weight is 393 g/mol. The molecule has 3 rings (SSSR count). The fraction of sp³-hybridized carbons (Fsp3) is 0.263. The first-order valence-electron chi connectivity index (χ1n) is 8.21. The van der Waals surface area contributed by atoms with Crippen molar-refractivity contribution in [3.05, 3.63) is 69.7 Å². The number of hydrogen-bond donors (Lipinski definition) is 2. The Morgan fingerprint density at radius 3 is 2.54 bits per heavy atom. The number of β-amino-alcohol motifs (C(OH)–C–C–N with tert-alkyl or cyclic N) is 1. The third-order valence-corrected chi connectivity index (χ3v) is 4.78. The number of nitrogens with one attached hydrogen (secondary N) is 1. The normalized spacial score (nSPS) is 19.4. The van der Waals surface area contributed by atoms with Crippen LogP contribution in [0.15, 0.2) is 48.5 Å². The van der Waals surface area contributed by atoms with Gasteiger partial charge in [0.1, 0.15) is 6.04 Å². The Hall–Kier alpha value is -2.08.